The van der Waals surface area contributed by atoms with Crippen LogP contribution in [-0.2, 0) is 40.3 Å². The summed E-state index contributed by atoms with van der Waals surface area (Å²) in [5.74, 6) is -1.30. The highest BCUT2D eigenvalue weighted by atomic mass is 79.9. The maximum atomic E-state index is 11.5. The van der Waals surface area contributed by atoms with Gasteiger partial charge in [-0.25, -0.2) is 0 Å². The number of carboxylic acid groups (broad SMARTS) is 1. The maximum Gasteiger partial charge on any atom is 0.246 e. The Kier molecular flexibility index (Phi) is 27.3. The van der Waals surface area contributed by atoms with E-state index in [0.717, 1.165) is 106 Å². The minimum absolute atomic E-state index is 0. The van der Waals surface area contributed by atoms with Crippen LogP contribution in [0.15, 0.2) is 85.5 Å². The second-order valence-corrected chi connectivity index (χ2v) is 13.4. The monoisotopic (exact) mass is 784 g/mol. The fraction of sp³-hybridized carbons (Fsp3) is 0.512. The highest BCUT2D eigenvalue weighted by Crippen LogP contribution is 2.18. The average Bonchev–Trinajstić information content (AvgIpc) is 3.14. The Hall–Kier alpha value is -3.53. The number of aliphatic carboxylic acids is 1. The molecule has 0 heterocycles. The van der Waals surface area contributed by atoms with Gasteiger partial charge in [0.1, 0.15) is 13.1 Å². The first-order valence-electron chi connectivity index (χ1n) is 18.8. The molecule has 0 aliphatic heterocycles. The number of quaternary nitrogens is 2. The van der Waals surface area contributed by atoms with E-state index in [-0.39, 0.29) is 28.8 Å². The van der Waals surface area contributed by atoms with Gasteiger partial charge in [0.15, 0.2) is 0 Å². The number of nitrogens with one attached hydrogen (secondary N) is 2. The molecule has 0 unspecified atom stereocenters. The molecule has 0 spiro atoms. The lowest BCUT2D eigenvalue weighted by Crippen LogP contribution is -3.00. The summed E-state index contributed by atoms with van der Waals surface area (Å²) < 4.78 is 2.13. The minimum atomic E-state index is -1.23. The van der Waals surface area contributed by atoms with Crippen LogP contribution < -0.4 is 32.7 Å². The Bertz CT molecular complexity index is 1250. The van der Waals surface area contributed by atoms with Gasteiger partial charge in [0, 0.05) is 48.2 Å². The molecule has 0 radical (unpaired) electrons. The fourth-order valence-electron chi connectivity index (χ4n) is 5.75. The van der Waals surface area contributed by atoms with Gasteiger partial charge in [0.25, 0.3) is 0 Å². The Balaban J connectivity index is 0. The first kappa shape index (κ1) is 50.6. The highest BCUT2D eigenvalue weighted by Gasteiger charge is 2.24. The molecule has 9 heteroatoms. The molecule has 0 fully saturated rings. The van der Waals surface area contributed by atoms with Gasteiger partial charge in [-0.15, -0.1) is 0 Å². The van der Waals surface area contributed by atoms with Gasteiger partial charge in [-0.1, -0.05) is 82.1 Å². The third kappa shape index (κ3) is 20.5. The van der Waals surface area contributed by atoms with Gasteiger partial charge in [-0.05, 0) is 71.6 Å². The molecule has 0 bridgehead atoms. The third-order valence-corrected chi connectivity index (χ3v) is 9.71. The first-order chi connectivity index (χ1) is 24.2. The topological polar surface area (TPSA) is 98.3 Å². The van der Waals surface area contributed by atoms with Crippen LogP contribution in [-0.4, -0.2) is 79.1 Å². The number of rotatable bonds is 21. The predicted molar refractivity (Wildman–Crippen MR) is 212 cm³/mol. The molecule has 2 rings (SSSR count). The molecule has 52 heavy (non-hydrogen) atoms. The lowest BCUT2D eigenvalue weighted by molar-refractivity contribution is -0.937. The van der Waals surface area contributed by atoms with Gasteiger partial charge in [0.2, 0.25) is 11.8 Å². The Morgan fingerprint density at radius 3 is 1.10 bits per heavy atom. The van der Waals surface area contributed by atoms with Crippen LogP contribution in [0.3, 0.4) is 0 Å². The summed E-state index contributed by atoms with van der Waals surface area (Å²) in [4.78, 5) is 32.2. The lowest BCUT2D eigenvalue weighted by Gasteiger charge is -2.37. The molecule has 0 aliphatic rings. The smallest absolute Gasteiger partial charge is 0.246 e. The standard InChI is InChI=1S/2C20H32N2O.C3H4O2.BrH/c2*1-6-18-10-12-19(13-11-18)16-22(7-2,8-3)15-9-14-21-20(23)17(4)5;1-2-3(4)5;/h2*10-13H,4,6-9,14-16H2,1-3,5H3;2H,1H2,(H,4,5);1H. The number of hydrogen-bond donors (Lipinski definition) is 2. The minimum Gasteiger partial charge on any atom is -1.00 e. The number of carbonyl (C=O) groups excluding carboxylic acids is 3. The summed E-state index contributed by atoms with van der Waals surface area (Å²) in [5, 5.41) is 15.0. The molecular weight excluding hydrogens is 716 g/mol. The summed E-state index contributed by atoms with van der Waals surface area (Å²) in [5.41, 5.74) is 6.74. The molecule has 292 valence electrons. The van der Waals surface area contributed by atoms with Crippen molar-refractivity contribution < 1.29 is 45.4 Å². The summed E-state index contributed by atoms with van der Waals surface area (Å²) in [6.07, 6.45) is 4.88. The molecule has 2 amide bonds. The van der Waals surface area contributed by atoms with Crippen molar-refractivity contribution >= 4 is 17.8 Å². The van der Waals surface area contributed by atoms with Crippen LogP contribution in [0.4, 0.5) is 0 Å². The Morgan fingerprint density at radius 2 is 0.885 bits per heavy atom. The van der Waals surface area contributed by atoms with Crippen molar-refractivity contribution in [2.24, 2.45) is 0 Å². The molecule has 8 nitrogen and oxygen atoms in total. The molecule has 0 aromatic heterocycles. The summed E-state index contributed by atoms with van der Waals surface area (Å²) in [6.45, 7) is 37.3. The van der Waals surface area contributed by atoms with Gasteiger partial charge < -0.3 is 46.5 Å². The number of halogens is 1. The highest BCUT2D eigenvalue weighted by molar-refractivity contribution is 5.92. The zero-order chi connectivity index (χ0) is 38.9. The number of amides is 2. The van der Waals surface area contributed by atoms with E-state index in [1.165, 1.54) is 22.3 Å². The largest absolute Gasteiger partial charge is 1.00 e. The van der Waals surface area contributed by atoms with E-state index in [1.54, 1.807) is 13.8 Å². The number of nitrogens with zero attached hydrogens (tertiary/aromatic N) is 2. The summed E-state index contributed by atoms with van der Waals surface area (Å²) >= 11 is 0. The molecule has 0 aliphatic carbocycles. The van der Waals surface area contributed by atoms with Gasteiger partial charge >= 0.3 is 0 Å². The van der Waals surface area contributed by atoms with Gasteiger partial charge in [-0.2, -0.15) is 0 Å². The Morgan fingerprint density at radius 1 is 0.615 bits per heavy atom. The van der Waals surface area contributed by atoms with Crippen molar-refractivity contribution in [3.63, 3.8) is 0 Å². The van der Waals surface area contributed by atoms with Crippen molar-refractivity contribution in [3.05, 3.63) is 108 Å². The maximum absolute atomic E-state index is 11.5. The number of aryl methyl sites for hydroxylation is 2. The second kappa shape index (κ2) is 28.0. The normalized spacial score (nSPS) is 10.6. The van der Waals surface area contributed by atoms with Crippen molar-refractivity contribution in [1.82, 2.24) is 10.6 Å². The molecule has 0 saturated carbocycles. The third-order valence-electron chi connectivity index (χ3n) is 9.71. The van der Waals surface area contributed by atoms with E-state index in [4.69, 9.17) is 9.90 Å². The number of hydrogen-bond acceptors (Lipinski definition) is 4. The van der Waals surface area contributed by atoms with E-state index < -0.39 is 5.97 Å². The zero-order valence-corrected chi connectivity index (χ0v) is 35.2. The number of benzene rings is 2. The molecule has 0 atom stereocenters. The van der Waals surface area contributed by atoms with Crippen LogP contribution in [0.5, 0.6) is 0 Å². The number of carbonyl (C=O) groups is 3. The van der Waals surface area contributed by atoms with Crippen LogP contribution in [0.1, 0.15) is 90.5 Å². The molecule has 0 saturated heterocycles. The molecule has 2 N–H and O–H groups in total. The van der Waals surface area contributed by atoms with Crippen LogP contribution in [0.2, 0.25) is 0 Å². The quantitative estimate of drug-likeness (QED) is 0.115. The van der Waals surface area contributed by atoms with Crippen LogP contribution in [0, 0.1) is 0 Å². The second-order valence-electron chi connectivity index (χ2n) is 13.4. The van der Waals surface area contributed by atoms with Gasteiger partial charge in [0.05, 0.1) is 45.2 Å². The molecule has 2 aromatic carbocycles. The first-order valence-corrected chi connectivity index (χ1v) is 18.8. The van der Waals surface area contributed by atoms with Crippen LogP contribution >= 0.6 is 0 Å². The predicted octanol–water partition coefficient (Wildman–Crippen LogP) is 3.30. The van der Waals surface area contributed by atoms with Gasteiger partial charge in [-0.3, -0.25) is 9.59 Å². The van der Waals surface area contributed by atoms with Crippen molar-refractivity contribution in [1.29, 1.82) is 0 Å². The number of carboxylic acids is 1. The Labute approximate surface area is 327 Å². The van der Waals surface area contributed by atoms with E-state index in [9.17, 15) is 9.59 Å². The fourth-order valence-corrected chi connectivity index (χ4v) is 5.75. The van der Waals surface area contributed by atoms with Crippen molar-refractivity contribution in [2.45, 2.75) is 94.2 Å². The summed E-state index contributed by atoms with van der Waals surface area (Å²) in [7, 11) is 0. The lowest BCUT2D eigenvalue weighted by atomic mass is 10.1. The summed E-state index contributed by atoms with van der Waals surface area (Å²) in [6, 6.07) is 18.0. The van der Waals surface area contributed by atoms with Crippen LogP contribution in [0.25, 0.3) is 0 Å². The molecular formula is C43H69BrN4O4. The van der Waals surface area contributed by atoms with Crippen molar-refractivity contribution in [3.8, 4) is 0 Å². The average molecular weight is 786 g/mol. The van der Waals surface area contributed by atoms with E-state index >= 15 is 0 Å². The van der Waals surface area contributed by atoms with Crippen molar-refractivity contribution in [2.75, 3.05) is 52.4 Å². The van der Waals surface area contributed by atoms with E-state index in [0.29, 0.717) is 11.1 Å². The zero-order valence-electron chi connectivity index (χ0n) is 33.6. The SMILES string of the molecule is C=C(C)C(=O)NCCC[N+](CC)(CC)Cc1ccc(CC)cc1.C=C(C)C(=O)NCCC[N+](CC)(CC)Cc1ccc(CC)cc1.C=CC(=O)[O-].[Br-]. The van der Waals surface area contributed by atoms with E-state index in [2.05, 4.69) is 120 Å². The molecule has 2 aromatic rings. The van der Waals surface area contributed by atoms with E-state index in [1.807, 2.05) is 0 Å².